The standard InChI is InChI=1S/C31H35FN2O12/c1-14(31(39)33-24-25(36)27(38)30-29(26(24)37)42-13-43-30)7-16-3-5-20(18(32)8-16)45-23-10-19(35)28(46-23)15(2)34-44-11-17-4-6-21-22(9-17)41-12-40-21/h3-9,19,23-27,29-30,34-38H,10-13H2,1-2H3,(H,33,39)/t19-,23+,24+,25-,26+,27+,29-,30+/m0/s1. The topological polar surface area (TPSA) is 187 Å². The fourth-order valence-corrected chi connectivity index (χ4v) is 5.66. The summed E-state index contributed by atoms with van der Waals surface area (Å²) in [5.74, 6) is -0.0131. The van der Waals surface area contributed by atoms with Gasteiger partial charge in [0.2, 0.25) is 19.0 Å². The van der Waals surface area contributed by atoms with Gasteiger partial charge in [0.15, 0.2) is 28.8 Å². The number of carbonyl (C=O) groups excluding carboxylic acids is 1. The summed E-state index contributed by atoms with van der Waals surface area (Å²) in [6.07, 6.45) is -6.55. The van der Waals surface area contributed by atoms with Gasteiger partial charge in [-0.3, -0.25) is 15.1 Å². The maximum absolute atomic E-state index is 15.0. The summed E-state index contributed by atoms with van der Waals surface area (Å²) in [5.41, 5.74) is 4.48. The fourth-order valence-electron chi connectivity index (χ4n) is 5.66. The van der Waals surface area contributed by atoms with Crippen molar-refractivity contribution in [2.45, 2.75) is 75.8 Å². The number of halogens is 1. The summed E-state index contributed by atoms with van der Waals surface area (Å²) in [5, 5.41) is 44.4. The van der Waals surface area contributed by atoms with E-state index in [1.54, 1.807) is 19.1 Å². The molecule has 46 heavy (non-hydrogen) atoms. The number of amides is 1. The summed E-state index contributed by atoms with van der Waals surface area (Å²) >= 11 is 0. The first kappa shape index (κ1) is 32.0. The minimum Gasteiger partial charge on any atom is -0.454 e. The van der Waals surface area contributed by atoms with Gasteiger partial charge < -0.3 is 54.2 Å². The van der Waals surface area contributed by atoms with E-state index >= 15 is 4.39 Å². The number of aliphatic hydroxyl groups is 4. The van der Waals surface area contributed by atoms with Crippen molar-refractivity contribution >= 4 is 12.0 Å². The number of hydrogen-bond acceptors (Lipinski definition) is 13. The third-order valence-electron chi connectivity index (χ3n) is 8.10. The van der Waals surface area contributed by atoms with Crippen molar-refractivity contribution < 1.29 is 62.9 Å². The zero-order chi connectivity index (χ0) is 32.5. The number of ether oxygens (including phenoxy) is 6. The normalized spacial score (nSPS) is 31.2. The average molecular weight is 647 g/mol. The molecule has 15 heteroatoms. The van der Waals surface area contributed by atoms with Crippen molar-refractivity contribution in [3.8, 4) is 17.2 Å². The van der Waals surface area contributed by atoms with Gasteiger partial charge in [-0.2, -0.15) is 0 Å². The van der Waals surface area contributed by atoms with Crippen LogP contribution in [0.4, 0.5) is 4.39 Å². The first-order chi connectivity index (χ1) is 22.1. The van der Waals surface area contributed by atoms with Gasteiger partial charge in [0, 0.05) is 5.57 Å². The second kappa shape index (κ2) is 13.4. The van der Waals surface area contributed by atoms with Gasteiger partial charge in [0.1, 0.15) is 43.4 Å². The van der Waals surface area contributed by atoms with E-state index in [4.69, 9.17) is 33.3 Å². The molecule has 6 N–H and O–H groups in total. The SMILES string of the molecule is CC(=Cc1ccc(O[C@H]2C[C@H](O)C(=C(C)NOCc3ccc4c(c3)OCO4)O2)c(F)c1)C(=O)N[C@@H]1[C@H](O)[C@@H](O)[C@H]2OCO[C@H]2[C@@H]1O. The third-order valence-corrected chi connectivity index (χ3v) is 8.10. The summed E-state index contributed by atoms with van der Waals surface area (Å²) < 4.78 is 47.6. The maximum Gasteiger partial charge on any atom is 0.247 e. The van der Waals surface area contributed by atoms with Gasteiger partial charge in [0.05, 0.1) is 24.8 Å². The lowest BCUT2D eigenvalue weighted by Crippen LogP contribution is -2.67. The van der Waals surface area contributed by atoms with Crippen molar-refractivity contribution in [1.82, 2.24) is 10.8 Å². The van der Waals surface area contributed by atoms with Gasteiger partial charge in [-0.25, -0.2) is 4.39 Å². The molecule has 2 saturated heterocycles. The van der Waals surface area contributed by atoms with Crippen molar-refractivity contribution in [1.29, 1.82) is 0 Å². The molecule has 1 aliphatic carbocycles. The minimum absolute atomic E-state index is 0.0449. The Balaban J connectivity index is 1.02. The van der Waals surface area contributed by atoms with Crippen LogP contribution in [0.1, 0.15) is 31.4 Å². The van der Waals surface area contributed by atoms with Crippen LogP contribution >= 0.6 is 0 Å². The van der Waals surface area contributed by atoms with Crippen LogP contribution < -0.4 is 25.0 Å². The molecule has 0 bridgehead atoms. The molecule has 2 aromatic carbocycles. The monoisotopic (exact) mass is 646 g/mol. The Labute approximate surface area is 262 Å². The molecular weight excluding hydrogens is 611 g/mol. The van der Waals surface area contributed by atoms with Crippen LogP contribution in [0.15, 0.2) is 53.4 Å². The zero-order valence-corrected chi connectivity index (χ0v) is 24.9. The van der Waals surface area contributed by atoms with Crippen molar-refractivity contribution in [3.63, 3.8) is 0 Å². The van der Waals surface area contributed by atoms with E-state index in [9.17, 15) is 25.2 Å². The quantitative estimate of drug-likeness (QED) is 0.166. The summed E-state index contributed by atoms with van der Waals surface area (Å²) in [4.78, 5) is 18.4. The number of nitrogens with one attached hydrogen (secondary N) is 2. The van der Waals surface area contributed by atoms with E-state index in [0.29, 0.717) is 22.8 Å². The predicted molar refractivity (Wildman–Crippen MR) is 154 cm³/mol. The molecule has 0 radical (unpaired) electrons. The van der Waals surface area contributed by atoms with E-state index in [1.165, 1.54) is 25.1 Å². The molecule has 1 amide bonds. The fraction of sp³-hybridized carbons (Fsp3) is 0.452. The molecule has 4 aliphatic rings. The van der Waals surface area contributed by atoms with Crippen LogP contribution in [0.3, 0.4) is 0 Å². The van der Waals surface area contributed by atoms with Crippen LogP contribution in [0.25, 0.3) is 6.08 Å². The third kappa shape index (κ3) is 6.62. The number of carbonyl (C=O) groups is 1. The molecule has 8 atom stereocenters. The van der Waals surface area contributed by atoms with E-state index in [0.717, 1.165) is 11.6 Å². The van der Waals surface area contributed by atoms with Crippen LogP contribution in [-0.4, -0.2) is 88.9 Å². The second-order valence-corrected chi connectivity index (χ2v) is 11.4. The molecule has 0 unspecified atom stereocenters. The first-order valence-corrected chi connectivity index (χ1v) is 14.6. The highest BCUT2D eigenvalue weighted by atomic mass is 19.1. The number of rotatable bonds is 9. The first-order valence-electron chi connectivity index (χ1n) is 14.6. The molecule has 0 spiro atoms. The number of aliphatic hydroxyl groups excluding tert-OH is 4. The number of fused-ring (bicyclic) bond motifs is 2. The van der Waals surface area contributed by atoms with Gasteiger partial charge in [-0.05, 0) is 55.3 Å². The van der Waals surface area contributed by atoms with Crippen LogP contribution in [0, 0.1) is 5.82 Å². The largest absolute Gasteiger partial charge is 0.454 e. The van der Waals surface area contributed by atoms with Crippen molar-refractivity contribution in [3.05, 3.63) is 70.4 Å². The Bertz CT molecular complexity index is 1520. The number of benzene rings is 2. The lowest BCUT2D eigenvalue weighted by atomic mass is 9.83. The van der Waals surface area contributed by atoms with Crippen molar-refractivity contribution in [2.75, 3.05) is 13.6 Å². The maximum atomic E-state index is 15.0. The van der Waals surface area contributed by atoms with E-state index in [-0.39, 0.29) is 43.7 Å². The van der Waals surface area contributed by atoms with E-state index < -0.39 is 60.7 Å². The molecule has 2 aromatic rings. The molecule has 14 nitrogen and oxygen atoms in total. The van der Waals surface area contributed by atoms with Crippen LogP contribution in [0.5, 0.6) is 17.2 Å². The summed E-state index contributed by atoms with van der Waals surface area (Å²) in [6.45, 7) is 3.36. The lowest BCUT2D eigenvalue weighted by Gasteiger charge is -2.41. The average Bonchev–Trinajstić information content (AvgIpc) is 3.79. The number of hydrogen-bond donors (Lipinski definition) is 6. The lowest BCUT2D eigenvalue weighted by molar-refractivity contribution is -0.155. The molecule has 3 heterocycles. The highest BCUT2D eigenvalue weighted by Gasteiger charge is 2.53. The molecule has 3 fully saturated rings. The van der Waals surface area contributed by atoms with Gasteiger partial charge in [-0.15, -0.1) is 0 Å². The number of allylic oxidation sites excluding steroid dienone is 1. The summed E-state index contributed by atoms with van der Waals surface area (Å²) in [7, 11) is 0. The molecule has 248 valence electrons. The highest BCUT2D eigenvalue weighted by Crippen LogP contribution is 2.34. The van der Waals surface area contributed by atoms with Crippen molar-refractivity contribution in [2.24, 2.45) is 0 Å². The summed E-state index contributed by atoms with van der Waals surface area (Å²) in [6, 6.07) is 8.26. The Hall–Kier alpha value is -3.96. The van der Waals surface area contributed by atoms with Gasteiger partial charge >= 0.3 is 0 Å². The van der Waals surface area contributed by atoms with Crippen LogP contribution in [0.2, 0.25) is 0 Å². The predicted octanol–water partition coefficient (Wildman–Crippen LogP) is 0.719. The Morgan fingerprint density at radius 1 is 0.978 bits per heavy atom. The molecular formula is C31H35FN2O12. The van der Waals surface area contributed by atoms with E-state index in [2.05, 4.69) is 10.8 Å². The highest BCUT2D eigenvalue weighted by molar-refractivity contribution is 5.97. The minimum atomic E-state index is -1.50. The molecule has 0 aromatic heterocycles. The Kier molecular flexibility index (Phi) is 9.33. The Morgan fingerprint density at radius 2 is 1.74 bits per heavy atom. The number of hydroxylamine groups is 1. The van der Waals surface area contributed by atoms with Crippen LogP contribution in [-0.2, 0) is 30.4 Å². The van der Waals surface area contributed by atoms with Gasteiger partial charge in [0.25, 0.3) is 0 Å². The molecule has 1 saturated carbocycles. The zero-order valence-electron chi connectivity index (χ0n) is 24.9. The Morgan fingerprint density at radius 3 is 2.52 bits per heavy atom. The smallest absolute Gasteiger partial charge is 0.247 e. The van der Waals surface area contributed by atoms with E-state index in [1.807, 2.05) is 6.07 Å². The second-order valence-electron chi connectivity index (χ2n) is 11.4. The molecule has 3 aliphatic heterocycles. The van der Waals surface area contributed by atoms with Gasteiger partial charge in [-0.1, -0.05) is 12.1 Å². The molecule has 6 rings (SSSR count).